The third-order valence-corrected chi connectivity index (χ3v) is 4.55. The SMILES string of the molecule is COc1cc2c(ccc(=O)n2Cc2cnccn2)cc1-c1c(C)noc1C. The Bertz CT molecular complexity index is 1160. The molecule has 3 aromatic heterocycles. The summed E-state index contributed by atoms with van der Waals surface area (Å²) >= 11 is 0. The Labute approximate surface area is 155 Å². The van der Waals surface area contributed by atoms with E-state index < -0.39 is 0 Å². The molecule has 0 radical (unpaired) electrons. The second-order valence-electron chi connectivity index (χ2n) is 6.26. The molecular formula is C20H18N4O3. The number of hydrogen-bond donors (Lipinski definition) is 0. The number of methoxy groups -OCH3 is 1. The van der Waals surface area contributed by atoms with E-state index in [1.165, 1.54) is 0 Å². The van der Waals surface area contributed by atoms with Crippen molar-refractivity contribution in [2.75, 3.05) is 7.11 Å². The molecule has 0 bridgehead atoms. The van der Waals surface area contributed by atoms with Crippen LogP contribution >= 0.6 is 0 Å². The van der Waals surface area contributed by atoms with Gasteiger partial charge in [-0.15, -0.1) is 0 Å². The summed E-state index contributed by atoms with van der Waals surface area (Å²) in [7, 11) is 1.61. The first-order valence-electron chi connectivity index (χ1n) is 8.48. The number of fused-ring (bicyclic) bond motifs is 1. The Kier molecular flexibility index (Phi) is 4.19. The Morgan fingerprint density at radius 3 is 2.70 bits per heavy atom. The molecule has 27 heavy (non-hydrogen) atoms. The van der Waals surface area contributed by atoms with Crippen molar-refractivity contribution >= 4 is 10.9 Å². The zero-order chi connectivity index (χ0) is 19.0. The fraction of sp³-hybridized carbons (Fsp3) is 0.200. The number of pyridine rings is 1. The zero-order valence-corrected chi connectivity index (χ0v) is 15.3. The maximum absolute atomic E-state index is 12.5. The van der Waals surface area contributed by atoms with E-state index in [1.807, 2.05) is 32.0 Å². The summed E-state index contributed by atoms with van der Waals surface area (Å²) in [4.78, 5) is 20.9. The van der Waals surface area contributed by atoms with Crippen LogP contribution in [0.3, 0.4) is 0 Å². The normalized spacial score (nSPS) is 11.1. The van der Waals surface area contributed by atoms with Gasteiger partial charge in [0.2, 0.25) is 0 Å². The molecule has 0 aliphatic carbocycles. The Hall–Kier alpha value is -3.48. The summed E-state index contributed by atoms with van der Waals surface area (Å²) in [5.74, 6) is 1.37. The lowest BCUT2D eigenvalue weighted by molar-refractivity contribution is 0.393. The van der Waals surface area contributed by atoms with Crippen LogP contribution in [0.4, 0.5) is 0 Å². The molecule has 0 saturated carbocycles. The molecule has 136 valence electrons. The van der Waals surface area contributed by atoms with Crippen molar-refractivity contribution in [3.05, 3.63) is 70.4 Å². The van der Waals surface area contributed by atoms with Gasteiger partial charge in [-0.3, -0.25) is 14.8 Å². The van der Waals surface area contributed by atoms with Crippen LogP contribution in [-0.4, -0.2) is 26.8 Å². The highest BCUT2D eigenvalue weighted by Crippen LogP contribution is 2.37. The maximum Gasteiger partial charge on any atom is 0.251 e. The summed E-state index contributed by atoms with van der Waals surface area (Å²) < 4.78 is 12.6. The molecule has 0 unspecified atom stereocenters. The van der Waals surface area contributed by atoms with E-state index in [0.717, 1.165) is 33.5 Å². The number of rotatable bonds is 4. The van der Waals surface area contributed by atoms with E-state index in [9.17, 15) is 4.79 Å². The van der Waals surface area contributed by atoms with Crippen LogP contribution in [-0.2, 0) is 6.54 Å². The van der Waals surface area contributed by atoms with E-state index >= 15 is 0 Å². The van der Waals surface area contributed by atoms with E-state index in [-0.39, 0.29) is 5.56 Å². The van der Waals surface area contributed by atoms with Gasteiger partial charge in [0.15, 0.2) is 0 Å². The first kappa shape index (κ1) is 17.0. The highest BCUT2D eigenvalue weighted by atomic mass is 16.5. The molecule has 0 N–H and O–H groups in total. The number of ether oxygens (including phenoxy) is 1. The van der Waals surface area contributed by atoms with Gasteiger partial charge in [-0.2, -0.15) is 0 Å². The summed E-state index contributed by atoms with van der Waals surface area (Å²) in [5, 5.41) is 4.95. The fourth-order valence-electron chi connectivity index (χ4n) is 3.29. The predicted molar refractivity (Wildman–Crippen MR) is 101 cm³/mol. The second-order valence-corrected chi connectivity index (χ2v) is 6.26. The molecule has 0 fully saturated rings. The van der Waals surface area contributed by atoms with Gasteiger partial charge in [0.25, 0.3) is 5.56 Å². The summed E-state index contributed by atoms with van der Waals surface area (Å²) in [6.45, 7) is 4.09. The molecule has 0 aliphatic rings. The molecule has 4 rings (SSSR count). The zero-order valence-electron chi connectivity index (χ0n) is 15.3. The van der Waals surface area contributed by atoms with Crippen LogP contribution in [0.1, 0.15) is 17.1 Å². The molecule has 7 nitrogen and oxygen atoms in total. The van der Waals surface area contributed by atoms with Gasteiger partial charge in [-0.1, -0.05) is 5.16 Å². The average Bonchev–Trinajstić information content (AvgIpc) is 3.02. The molecule has 0 aliphatic heterocycles. The molecular weight excluding hydrogens is 344 g/mol. The molecule has 0 atom stereocenters. The molecule has 3 heterocycles. The van der Waals surface area contributed by atoms with Gasteiger partial charge in [0.1, 0.15) is 11.5 Å². The van der Waals surface area contributed by atoms with Crippen molar-refractivity contribution in [1.29, 1.82) is 0 Å². The minimum absolute atomic E-state index is 0.111. The Morgan fingerprint density at radius 2 is 2.04 bits per heavy atom. The van der Waals surface area contributed by atoms with Crippen molar-refractivity contribution in [3.63, 3.8) is 0 Å². The van der Waals surface area contributed by atoms with Crippen molar-refractivity contribution in [2.24, 2.45) is 0 Å². The molecule has 0 spiro atoms. The second kappa shape index (κ2) is 6.68. The lowest BCUT2D eigenvalue weighted by Gasteiger charge is -2.14. The van der Waals surface area contributed by atoms with Gasteiger partial charge in [-0.25, -0.2) is 0 Å². The van der Waals surface area contributed by atoms with Crippen LogP contribution < -0.4 is 10.3 Å². The number of aryl methyl sites for hydroxylation is 2. The minimum atomic E-state index is -0.111. The van der Waals surface area contributed by atoms with Crippen molar-refractivity contribution in [2.45, 2.75) is 20.4 Å². The van der Waals surface area contributed by atoms with E-state index in [2.05, 4.69) is 15.1 Å². The maximum atomic E-state index is 12.5. The van der Waals surface area contributed by atoms with E-state index in [4.69, 9.17) is 9.26 Å². The third-order valence-electron chi connectivity index (χ3n) is 4.55. The summed E-state index contributed by atoms with van der Waals surface area (Å²) in [6, 6.07) is 7.23. The topological polar surface area (TPSA) is 83.0 Å². The molecule has 0 saturated heterocycles. The third kappa shape index (κ3) is 2.97. The standard InChI is InChI=1S/C20H18N4O3/c1-12-20(13(2)27-23-12)16-8-14-4-5-19(25)24(17(14)9-18(16)26-3)11-15-10-21-6-7-22-15/h4-10H,11H2,1-3H3. The number of aromatic nitrogens is 4. The smallest absolute Gasteiger partial charge is 0.251 e. The van der Waals surface area contributed by atoms with E-state index in [1.54, 1.807) is 36.3 Å². The minimum Gasteiger partial charge on any atom is -0.496 e. The number of benzene rings is 1. The van der Waals surface area contributed by atoms with Crippen LogP contribution in [0.2, 0.25) is 0 Å². The van der Waals surface area contributed by atoms with Crippen LogP contribution in [0.25, 0.3) is 22.0 Å². The lowest BCUT2D eigenvalue weighted by atomic mass is 10.0. The highest BCUT2D eigenvalue weighted by molar-refractivity contribution is 5.89. The van der Waals surface area contributed by atoms with Gasteiger partial charge in [0.05, 0.1) is 42.3 Å². The first-order valence-corrected chi connectivity index (χ1v) is 8.48. The average molecular weight is 362 g/mol. The van der Waals surface area contributed by atoms with Gasteiger partial charge >= 0.3 is 0 Å². The van der Waals surface area contributed by atoms with Crippen molar-refractivity contribution < 1.29 is 9.26 Å². The van der Waals surface area contributed by atoms with Crippen LogP contribution in [0.15, 0.2) is 52.2 Å². The molecule has 4 aromatic rings. The summed E-state index contributed by atoms with van der Waals surface area (Å²) in [6.07, 6.45) is 4.87. The molecule has 0 amide bonds. The Balaban J connectivity index is 1.94. The number of nitrogens with zero attached hydrogens (tertiary/aromatic N) is 4. The van der Waals surface area contributed by atoms with E-state index in [0.29, 0.717) is 18.0 Å². The number of hydrogen-bond acceptors (Lipinski definition) is 6. The first-order chi connectivity index (χ1) is 13.1. The van der Waals surface area contributed by atoms with Crippen molar-refractivity contribution in [1.82, 2.24) is 19.7 Å². The van der Waals surface area contributed by atoms with Crippen molar-refractivity contribution in [3.8, 4) is 16.9 Å². The predicted octanol–water partition coefficient (Wildman–Crippen LogP) is 3.12. The van der Waals surface area contributed by atoms with Gasteiger partial charge in [0, 0.05) is 30.1 Å². The summed E-state index contributed by atoms with van der Waals surface area (Å²) in [5.41, 5.74) is 3.94. The van der Waals surface area contributed by atoms with Gasteiger partial charge < -0.3 is 13.8 Å². The quantitative estimate of drug-likeness (QED) is 0.555. The monoisotopic (exact) mass is 362 g/mol. The van der Waals surface area contributed by atoms with Gasteiger partial charge in [-0.05, 0) is 31.4 Å². The Morgan fingerprint density at radius 1 is 1.19 bits per heavy atom. The highest BCUT2D eigenvalue weighted by Gasteiger charge is 2.18. The molecule has 7 heteroatoms. The van der Waals surface area contributed by atoms with Crippen LogP contribution in [0.5, 0.6) is 5.75 Å². The van der Waals surface area contributed by atoms with Crippen LogP contribution in [0, 0.1) is 13.8 Å². The molecule has 1 aromatic carbocycles. The largest absolute Gasteiger partial charge is 0.496 e. The fourth-order valence-corrected chi connectivity index (χ4v) is 3.29. The lowest BCUT2D eigenvalue weighted by Crippen LogP contribution is -2.20.